The second kappa shape index (κ2) is 2.60. The number of alkyl halides is 1. The summed E-state index contributed by atoms with van der Waals surface area (Å²) in [6.45, 7) is 1.50. The summed E-state index contributed by atoms with van der Waals surface area (Å²) in [5, 5.41) is 2.99. The molecule has 1 saturated heterocycles. The smallest absolute Gasteiger partial charge is 0.160 e. The van der Waals surface area contributed by atoms with Gasteiger partial charge in [-0.1, -0.05) is 15.9 Å². The van der Waals surface area contributed by atoms with Crippen molar-refractivity contribution >= 4 is 21.7 Å². The van der Waals surface area contributed by atoms with E-state index in [2.05, 4.69) is 21.2 Å². The van der Waals surface area contributed by atoms with Gasteiger partial charge in [0, 0.05) is 0 Å². The summed E-state index contributed by atoms with van der Waals surface area (Å²) in [6, 6.07) is 0. The van der Waals surface area contributed by atoms with Crippen molar-refractivity contribution in [1.29, 1.82) is 0 Å². The number of hydrogen-bond acceptors (Lipinski definition) is 2. The number of halogens is 1. The highest BCUT2D eigenvalue weighted by Gasteiger charge is 2.17. The van der Waals surface area contributed by atoms with Crippen LogP contribution in [0.2, 0.25) is 0 Å². The van der Waals surface area contributed by atoms with E-state index in [1.54, 1.807) is 0 Å². The molecule has 0 spiro atoms. The van der Waals surface area contributed by atoms with E-state index in [-0.39, 0.29) is 10.6 Å². The molecule has 1 rings (SSSR count). The molecule has 0 amide bonds. The number of carbonyl (C=O) groups is 1. The number of ketones is 1. The van der Waals surface area contributed by atoms with E-state index >= 15 is 0 Å². The Hall–Kier alpha value is 0.110. The highest BCUT2D eigenvalue weighted by molar-refractivity contribution is 9.10. The van der Waals surface area contributed by atoms with Gasteiger partial charge in [0.1, 0.15) is 0 Å². The van der Waals surface area contributed by atoms with Gasteiger partial charge >= 0.3 is 0 Å². The summed E-state index contributed by atoms with van der Waals surface area (Å²) >= 11 is 3.26. The molecule has 0 radical (unpaired) electrons. The van der Waals surface area contributed by atoms with Crippen molar-refractivity contribution in [1.82, 2.24) is 5.32 Å². The van der Waals surface area contributed by atoms with Gasteiger partial charge in [0.25, 0.3) is 0 Å². The molecule has 0 aromatic rings. The Morgan fingerprint density at radius 3 is 2.88 bits per heavy atom. The van der Waals surface area contributed by atoms with Crippen LogP contribution in [-0.2, 0) is 4.79 Å². The first-order valence-electron chi connectivity index (χ1n) is 2.68. The number of rotatable bonds is 0. The lowest BCUT2D eigenvalue weighted by atomic mass is 10.1. The fraction of sp³-hybridized carbons (Fsp3) is 0.800. The van der Waals surface area contributed by atoms with E-state index in [1.165, 1.54) is 0 Å². The highest BCUT2D eigenvalue weighted by Crippen LogP contribution is 2.07. The third-order valence-electron chi connectivity index (χ3n) is 1.22. The first kappa shape index (κ1) is 6.23. The Balaban J connectivity index is 2.39. The number of piperidine rings is 1. The molecular weight excluding hydrogens is 170 g/mol. The summed E-state index contributed by atoms with van der Waals surface area (Å²) in [4.78, 5) is 10.8. The Morgan fingerprint density at radius 2 is 2.50 bits per heavy atom. The summed E-state index contributed by atoms with van der Waals surface area (Å²) in [7, 11) is 0. The zero-order valence-corrected chi connectivity index (χ0v) is 6.07. The molecular formula is C5H8BrNO. The third kappa shape index (κ3) is 1.29. The lowest BCUT2D eigenvalue weighted by Crippen LogP contribution is -2.37. The van der Waals surface area contributed by atoms with E-state index in [0.29, 0.717) is 6.54 Å². The van der Waals surface area contributed by atoms with Crippen molar-refractivity contribution in [2.45, 2.75) is 11.2 Å². The van der Waals surface area contributed by atoms with Crippen LogP contribution in [0, 0.1) is 0 Å². The average Bonchev–Trinajstić information content (AvgIpc) is 1.77. The van der Waals surface area contributed by atoms with Gasteiger partial charge < -0.3 is 5.32 Å². The highest BCUT2D eigenvalue weighted by atomic mass is 79.9. The van der Waals surface area contributed by atoms with Gasteiger partial charge in [-0.05, 0) is 13.0 Å². The summed E-state index contributed by atoms with van der Waals surface area (Å²) in [6.07, 6.45) is 0.929. The molecule has 2 nitrogen and oxygen atoms in total. The quantitative estimate of drug-likeness (QED) is 0.541. The zero-order chi connectivity index (χ0) is 5.98. The fourth-order valence-corrected chi connectivity index (χ4v) is 1.10. The SMILES string of the molecule is O=C1CNCCC1Br. The number of hydrogen-bond donors (Lipinski definition) is 1. The standard InChI is InChI=1S/C5H8BrNO/c6-4-1-2-7-3-5(4)8/h4,7H,1-3H2. The minimum absolute atomic E-state index is 0.115. The monoisotopic (exact) mass is 177 g/mol. The Kier molecular flexibility index (Phi) is 2.02. The van der Waals surface area contributed by atoms with Gasteiger partial charge in [-0.2, -0.15) is 0 Å². The molecule has 0 aromatic heterocycles. The maximum Gasteiger partial charge on any atom is 0.160 e. The number of nitrogens with one attached hydrogen (secondary N) is 1. The lowest BCUT2D eigenvalue weighted by Gasteiger charge is -2.14. The predicted octanol–water partition coefficient (Wildman–Crippen LogP) is 0.312. The minimum atomic E-state index is 0.115. The molecule has 46 valence electrons. The number of Topliss-reactive ketones (excluding diaryl/α,β-unsaturated/α-hetero) is 1. The Bertz CT molecular complexity index is 105. The Morgan fingerprint density at radius 1 is 1.75 bits per heavy atom. The first-order chi connectivity index (χ1) is 3.80. The van der Waals surface area contributed by atoms with Gasteiger partial charge in [-0.3, -0.25) is 4.79 Å². The topological polar surface area (TPSA) is 29.1 Å². The Labute approximate surface area is 56.8 Å². The van der Waals surface area contributed by atoms with E-state index in [1.807, 2.05) is 0 Å². The zero-order valence-electron chi connectivity index (χ0n) is 4.48. The van der Waals surface area contributed by atoms with Gasteiger partial charge in [0.2, 0.25) is 0 Å². The third-order valence-corrected chi connectivity index (χ3v) is 2.19. The van der Waals surface area contributed by atoms with Crippen molar-refractivity contribution in [2.24, 2.45) is 0 Å². The van der Waals surface area contributed by atoms with E-state index in [0.717, 1.165) is 13.0 Å². The van der Waals surface area contributed by atoms with Gasteiger partial charge in [0.15, 0.2) is 5.78 Å². The average molecular weight is 178 g/mol. The molecule has 3 heteroatoms. The second-order valence-electron chi connectivity index (χ2n) is 1.90. The van der Waals surface area contributed by atoms with E-state index in [9.17, 15) is 4.79 Å². The van der Waals surface area contributed by atoms with Crippen molar-refractivity contribution in [3.63, 3.8) is 0 Å². The van der Waals surface area contributed by atoms with Crippen LogP contribution in [0.1, 0.15) is 6.42 Å². The number of carbonyl (C=O) groups excluding carboxylic acids is 1. The molecule has 1 unspecified atom stereocenters. The summed E-state index contributed by atoms with van der Waals surface area (Å²) in [5.74, 6) is 0.274. The first-order valence-corrected chi connectivity index (χ1v) is 3.60. The molecule has 1 atom stereocenters. The predicted molar refractivity (Wildman–Crippen MR) is 35.2 cm³/mol. The molecule has 0 aliphatic carbocycles. The van der Waals surface area contributed by atoms with E-state index < -0.39 is 0 Å². The molecule has 0 bridgehead atoms. The van der Waals surface area contributed by atoms with Crippen molar-refractivity contribution in [3.8, 4) is 0 Å². The fourth-order valence-electron chi connectivity index (χ4n) is 0.712. The van der Waals surface area contributed by atoms with Gasteiger partial charge in [-0.15, -0.1) is 0 Å². The molecule has 1 heterocycles. The van der Waals surface area contributed by atoms with Crippen LogP contribution in [0.3, 0.4) is 0 Å². The van der Waals surface area contributed by atoms with Crippen LogP contribution in [0.25, 0.3) is 0 Å². The van der Waals surface area contributed by atoms with Crippen molar-refractivity contribution < 1.29 is 4.79 Å². The molecule has 1 fully saturated rings. The summed E-state index contributed by atoms with van der Waals surface area (Å²) in [5.41, 5.74) is 0. The van der Waals surface area contributed by atoms with Gasteiger partial charge in [-0.25, -0.2) is 0 Å². The van der Waals surface area contributed by atoms with Crippen molar-refractivity contribution in [3.05, 3.63) is 0 Å². The molecule has 0 aromatic carbocycles. The minimum Gasteiger partial charge on any atom is -0.310 e. The van der Waals surface area contributed by atoms with E-state index in [4.69, 9.17) is 0 Å². The van der Waals surface area contributed by atoms with Crippen LogP contribution >= 0.6 is 15.9 Å². The van der Waals surface area contributed by atoms with Crippen LogP contribution in [0.4, 0.5) is 0 Å². The molecule has 0 saturated carbocycles. The lowest BCUT2D eigenvalue weighted by molar-refractivity contribution is -0.118. The molecule has 8 heavy (non-hydrogen) atoms. The van der Waals surface area contributed by atoms with Crippen LogP contribution in [-0.4, -0.2) is 23.7 Å². The molecule has 1 aliphatic rings. The van der Waals surface area contributed by atoms with Crippen LogP contribution < -0.4 is 5.32 Å². The van der Waals surface area contributed by atoms with Crippen LogP contribution in [0.5, 0.6) is 0 Å². The maximum atomic E-state index is 10.7. The molecule has 1 N–H and O–H groups in total. The van der Waals surface area contributed by atoms with Gasteiger partial charge in [0.05, 0.1) is 11.4 Å². The second-order valence-corrected chi connectivity index (χ2v) is 3.00. The summed E-state index contributed by atoms with van der Waals surface area (Å²) < 4.78 is 0. The largest absolute Gasteiger partial charge is 0.310 e. The normalized spacial score (nSPS) is 30.6. The molecule has 1 aliphatic heterocycles. The maximum absolute atomic E-state index is 10.7. The van der Waals surface area contributed by atoms with Crippen molar-refractivity contribution in [2.75, 3.05) is 13.1 Å². The van der Waals surface area contributed by atoms with Crippen LogP contribution in [0.15, 0.2) is 0 Å².